The average molecular weight is 397 g/mol. The van der Waals surface area contributed by atoms with Crippen LogP contribution in [0.2, 0.25) is 0 Å². The Morgan fingerprint density at radius 3 is 2.70 bits per heavy atom. The van der Waals surface area contributed by atoms with Crippen LogP contribution in [0.3, 0.4) is 0 Å². The van der Waals surface area contributed by atoms with Crippen molar-refractivity contribution in [2.45, 2.75) is 45.1 Å². The molecule has 0 heterocycles. The molecule has 1 aromatic carbocycles. The molecule has 1 aliphatic carbocycles. The Hall–Kier alpha value is -2.13. The van der Waals surface area contributed by atoms with Gasteiger partial charge in [-0.25, -0.2) is 13.8 Å². The Morgan fingerprint density at radius 2 is 2.07 bits per heavy atom. The van der Waals surface area contributed by atoms with E-state index in [2.05, 4.69) is 10.5 Å². The fraction of sp³-hybridized carbons (Fsp3) is 0.556. The van der Waals surface area contributed by atoms with Crippen molar-refractivity contribution in [3.8, 4) is 11.5 Å². The lowest BCUT2D eigenvalue weighted by Crippen LogP contribution is -2.45. The third kappa shape index (κ3) is 6.51. The molecule has 9 heteroatoms. The van der Waals surface area contributed by atoms with Gasteiger partial charge in [0, 0.05) is 6.04 Å². The number of carbonyl (C=O) groups excluding carboxylic acids is 1. The zero-order valence-corrected chi connectivity index (χ0v) is 16.5. The first-order valence-electron chi connectivity index (χ1n) is 9.05. The van der Waals surface area contributed by atoms with Crippen LogP contribution >= 0.6 is 0 Å². The molecule has 0 saturated heterocycles. The zero-order valence-electron chi connectivity index (χ0n) is 15.7. The molecule has 0 aliphatic heterocycles. The molecule has 27 heavy (non-hydrogen) atoms. The number of benzene rings is 1. The summed E-state index contributed by atoms with van der Waals surface area (Å²) in [5.41, 5.74) is 2.99. The number of amides is 1. The summed E-state index contributed by atoms with van der Waals surface area (Å²) in [6.45, 7) is 1.97. The molecule has 1 saturated carbocycles. The van der Waals surface area contributed by atoms with Gasteiger partial charge in [-0.05, 0) is 43.5 Å². The van der Waals surface area contributed by atoms with Gasteiger partial charge < -0.3 is 9.84 Å². The lowest BCUT2D eigenvalue weighted by Gasteiger charge is -2.31. The topological polar surface area (TPSA) is 108 Å². The van der Waals surface area contributed by atoms with Gasteiger partial charge in [-0.1, -0.05) is 19.3 Å². The SMILES string of the molecule is CCOc1cc(C=NNC(=O)CN(C2CCCCC2)S(C)(=O)=O)ccc1O. The van der Waals surface area contributed by atoms with E-state index in [-0.39, 0.29) is 18.3 Å². The van der Waals surface area contributed by atoms with Gasteiger partial charge in [0.2, 0.25) is 10.0 Å². The number of rotatable bonds is 8. The predicted octanol–water partition coefficient (Wildman–Crippen LogP) is 1.84. The lowest BCUT2D eigenvalue weighted by molar-refractivity contribution is -0.121. The zero-order chi connectivity index (χ0) is 19.9. The number of nitrogens with zero attached hydrogens (tertiary/aromatic N) is 2. The summed E-state index contributed by atoms with van der Waals surface area (Å²) in [6, 6.07) is 4.56. The number of hydrogen-bond acceptors (Lipinski definition) is 6. The molecule has 1 amide bonds. The molecular weight excluding hydrogens is 370 g/mol. The standard InChI is InChI=1S/C18H27N3O5S/c1-3-26-17-11-14(9-10-16(17)22)12-19-20-18(23)13-21(27(2,24)25)15-7-5-4-6-8-15/h9-12,15,22H,3-8,13H2,1-2H3,(H,20,23). The van der Waals surface area contributed by atoms with E-state index in [4.69, 9.17) is 4.74 Å². The molecule has 0 unspecified atom stereocenters. The number of sulfonamides is 1. The summed E-state index contributed by atoms with van der Waals surface area (Å²) < 4.78 is 30.7. The van der Waals surface area contributed by atoms with Crippen molar-refractivity contribution in [1.82, 2.24) is 9.73 Å². The van der Waals surface area contributed by atoms with Gasteiger partial charge in [-0.2, -0.15) is 9.41 Å². The minimum atomic E-state index is -3.48. The Labute approximate surface area is 160 Å². The van der Waals surface area contributed by atoms with E-state index in [1.165, 1.54) is 16.6 Å². The second-order valence-corrected chi connectivity index (χ2v) is 8.49. The van der Waals surface area contributed by atoms with Crippen molar-refractivity contribution in [3.05, 3.63) is 23.8 Å². The first-order valence-corrected chi connectivity index (χ1v) is 10.9. The second kappa shape index (κ2) is 9.70. The number of carbonyl (C=O) groups is 1. The molecular formula is C18H27N3O5S. The summed E-state index contributed by atoms with van der Waals surface area (Å²) in [5.74, 6) is -0.145. The van der Waals surface area contributed by atoms with Crippen molar-refractivity contribution in [2.75, 3.05) is 19.4 Å². The van der Waals surface area contributed by atoms with E-state index in [1.54, 1.807) is 19.1 Å². The molecule has 0 atom stereocenters. The maximum absolute atomic E-state index is 12.2. The fourth-order valence-electron chi connectivity index (χ4n) is 3.12. The minimum Gasteiger partial charge on any atom is -0.504 e. The average Bonchev–Trinajstić information content (AvgIpc) is 2.62. The first-order chi connectivity index (χ1) is 12.8. The van der Waals surface area contributed by atoms with Crippen molar-refractivity contribution in [3.63, 3.8) is 0 Å². The Balaban J connectivity index is 1.97. The van der Waals surface area contributed by atoms with Crippen LogP contribution in [-0.4, -0.2) is 55.4 Å². The van der Waals surface area contributed by atoms with Crippen molar-refractivity contribution >= 4 is 22.1 Å². The van der Waals surface area contributed by atoms with Crippen molar-refractivity contribution in [1.29, 1.82) is 0 Å². The largest absolute Gasteiger partial charge is 0.504 e. The third-order valence-electron chi connectivity index (χ3n) is 4.39. The van der Waals surface area contributed by atoms with E-state index in [0.717, 1.165) is 38.4 Å². The summed E-state index contributed by atoms with van der Waals surface area (Å²) >= 11 is 0. The van der Waals surface area contributed by atoms with Gasteiger partial charge >= 0.3 is 0 Å². The highest BCUT2D eigenvalue weighted by molar-refractivity contribution is 7.88. The van der Waals surface area contributed by atoms with Crippen LogP contribution in [0.1, 0.15) is 44.6 Å². The minimum absolute atomic E-state index is 0.0225. The normalized spacial score (nSPS) is 16.0. The monoisotopic (exact) mass is 397 g/mol. The molecule has 2 N–H and O–H groups in total. The van der Waals surface area contributed by atoms with E-state index < -0.39 is 15.9 Å². The third-order valence-corrected chi connectivity index (χ3v) is 5.67. The molecule has 0 bridgehead atoms. The quantitative estimate of drug-likeness (QED) is 0.514. The number of aromatic hydroxyl groups is 1. The van der Waals surface area contributed by atoms with Gasteiger partial charge in [0.15, 0.2) is 11.5 Å². The van der Waals surface area contributed by atoms with Crippen LogP contribution in [0.15, 0.2) is 23.3 Å². The van der Waals surface area contributed by atoms with E-state index >= 15 is 0 Å². The second-order valence-electron chi connectivity index (χ2n) is 6.55. The van der Waals surface area contributed by atoms with Crippen LogP contribution in [0, 0.1) is 0 Å². The maximum Gasteiger partial charge on any atom is 0.255 e. The summed E-state index contributed by atoms with van der Waals surface area (Å²) in [6.07, 6.45) is 7.13. The highest BCUT2D eigenvalue weighted by atomic mass is 32.2. The van der Waals surface area contributed by atoms with E-state index in [1.807, 2.05) is 0 Å². The number of phenolic OH excluding ortho intramolecular Hbond substituents is 1. The van der Waals surface area contributed by atoms with Crippen LogP contribution in [-0.2, 0) is 14.8 Å². The fourth-order valence-corrected chi connectivity index (χ4v) is 4.23. The molecule has 8 nitrogen and oxygen atoms in total. The highest BCUT2D eigenvalue weighted by Gasteiger charge is 2.29. The summed E-state index contributed by atoms with van der Waals surface area (Å²) in [7, 11) is -3.48. The molecule has 150 valence electrons. The molecule has 2 rings (SSSR count). The van der Waals surface area contributed by atoms with Crippen LogP contribution in [0.4, 0.5) is 0 Å². The van der Waals surface area contributed by atoms with E-state index in [0.29, 0.717) is 17.9 Å². The van der Waals surface area contributed by atoms with Crippen LogP contribution in [0.5, 0.6) is 11.5 Å². The maximum atomic E-state index is 12.2. The predicted molar refractivity (Wildman–Crippen MR) is 103 cm³/mol. The number of nitrogens with one attached hydrogen (secondary N) is 1. The van der Waals surface area contributed by atoms with Crippen LogP contribution in [0.25, 0.3) is 0 Å². The molecule has 1 aromatic rings. The van der Waals surface area contributed by atoms with Crippen molar-refractivity contribution in [2.24, 2.45) is 5.10 Å². The summed E-state index contributed by atoms with van der Waals surface area (Å²) in [4.78, 5) is 12.2. The number of hydrogen-bond donors (Lipinski definition) is 2. The summed E-state index contributed by atoms with van der Waals surface area (Å²) in [5, 5.41) is 13.5. The number of hydrazone groups is 1. The van der Waals surface area contributed by atoms with E-state index in [9.17, 15) is 18.3 Å². The Bertz CT molecular complexity index is 773. The number of ether oxygens (including phenoxy) is 1. The molecule has 0 aromatic heterocycles. The Kier molecular flexibility index (Phi) is 7.61. The smallest absolute Gasteiger partial charge is 0.255 e. The van der Waals surface area contributed by atoms with Gasteiger partial charge in [0.05, 0.1) is 25.6 Å². The molecule has 1 aliphatic rings. The lowest BCUT2D eigenvalue weighted by atomic mass is 9.95. The van der Waals surface area contributed by atoms with Crippen molar-refractivity contribution < 1.29 is 23.1 Å². The molecule has 0 spiro atoms. The first kappa shape index (κ1) is 21.2. The molecule has 1 fully saturated rings. The molecule has 0 radical (unpaired) electrons. The van der Waals surface area contributed by atoms with Gasteiger partial charge in [-0.3, -0.25) is 4.79 Å². The number of phenols is 1. The van der Waals surface area contributed by atoms with Gasteiger partial charge in [-0.15, -0.1) is 0 Å². The Morgan fingerprint density at radius 1 is 1.37 bits per heavy atom. The highest BCUT2D eigenvalue weighted by Crippen LogP contribution is 2.26. The van der Waals surface area contributed by atoms with Gasteiger partial charge in [0.1, 0.15) is 0 Å². The van der Waals surface area contributed by atoms with Gasteiger partial charge in [0.25, 0.3) is 5.91 Å². The van der Waals surface area contributed by atoms with Crippen LogP contribution < -0.4 is 10.2 Å².